The number of carboxylic acids is 2. The number of ether oxygens (including phenoxy) is 2. The van der Waals surface area contributed by atoms with Crippen molar-refractivity contribution in [2.24, 2.45) is 0 Å². The minimum absolute atomic E-state index is 0.526. The second-order valence-corrected chi connectivity index (χ2v) is 6.35. The summed E-state index contributed by atoms with van der Waals surface area (Å²) in [4.78, 5) is 18.2. The number of aliphatic carboxylic acids is 2. The molecule has 0 aliphatic rings. The molecule has 1 aromatic rings. The first-order valence-electron chi connectivity index (χ1n) is 9.27. The maximum atomic E-state index is 9.10. The molecule has 0 fully saturated rings. The molecule has 154 valence electrons. The largest absolute Gasteiger partial charge is 0.491 e. The summed E-state index contributed by atoms with van der Waals surface area (Å²) in [6.45, 7) is 12.7. The van der Waals surface area contributed by atoms with Gasteiger partial charge in [-0.15, -0.1) is 0 Å². The molecule has 7 heteroatoms. The summed E-state index contributed by atoms with van der Waals surface area (Å²) in [5.41, 5.74) is 2.50. The number of carbonyl (C=O) groups is 2. The molecule has 0 heterocycles. The second kappa shape index (κ2) is 15.0. The van der Waals surface area contributed by atoms with Gasteiger partial charge in [-0.25, -0.2) is 9.59 Å². The molecule has 0 unspecified atom stereocenters. The van der Waals surface area contributed by atoms with Gasteiger partial charge in [0.25, 0.3) is 0 Å². The number of hydrogen-bond acceptors (Lipinski definition) is 5. The second-order valence-electron chi connectivity index (χ2n) is 6.35. The minimum atomic E-state index is -1.82. The van der Waals surface area contributed by atoms with Crippen LogP contribution in [-0.4, -0.2) is 55.1 Å². The summed E-state index contributed by atoms with van der Waals surface area (Å²) < 4.78 is 11.4. The van der Waals surface area contributed by atoms with Gasteiger partial charge in [0.15, 0.2) is 0 Å². The summed E-state index contributed by atoms with van der Waals surface area (Å²) in [5, 5.41) is 18.1. The highest BCUT2D eigenvalue weighted by Gasteiger charge is 2.05. The van der Waals surface area contributed by atoms with Crippen LogP contribution in [0.2, 0.25) is 0 Å². The molecule has 0 radical (unpaired) electrons. The van der Waals surface area contributed by atoms with E-state index >= 15 is 0 Å². The number of rotatable bonds is 11. The van der Waals surface area contributed by atoms with Crippen molar-refractivity contribution in [3.63, 3.8) is 0 Å². The molecule has 0 bridgehead atoms. The first kappa shape index (κ1) is 24.9. The van der Waals surface area contributed by atoms with Crippen molar-refractivity contribution in [2.45, 2.75) is 46.5 Å². The SMILES string of the molecule is CCCCNCCOCCOc1cc(C(C)C)ccc1C.O=C(O)C(=O)O. The van der Waals surface area contributed by atoms with Crippen molar-refractivity contribution < 1.29 is 29.3 Å². The number of hydrogen-bond donors (Lipinski definition) is 3. The molecule has 7 nitrogen and oxygen atoms in total. The summed E-state index contributed by atoms with van der Waals surface area (Å²) in [7, 11) is 0. The van der Waals surface area contributed by atoms with Gasteiger partial charge in [-0.3, -0.25) is 0 Å². The lowest BCUT2D eigenvalue weighted by molar-refractivity contribution is -0.159. The highest BCUT2D eigenvalue weighted by atomic mass is 16.5. The third-order valence-electron chi connectivity index (χ3n) is 3.68. The average molecular weight is 383 g/mol. The van der Waals surface area contributed by atoms with E-state index in [-0.39, 0.29) is 0 Å². The summed E-state index contributed by atoms with van der Waals surface area (Å²) in [6.07, 6.45) is 2.46. The van der Waals surface area contributed by atoms with Crippen molar-refractivity contribution in [3.05, 3.63) is 29.3 Å². The van der Waals surface area contributed by atoms with Gasteiger partial charge in [-0.05, 0) is 43.0 Å². The van der Waals surface area contributed by atoms with E-state index in [0.717, 1.165) is 25.4 Å². The third kappa shape index (κ3) is 12.8. The predicted molar refractivity (Wildman–Crippen MR) is 105 cm³/mol. The summed E-state index contributed by atoms with van der Waals surface area (Å²) in [6, 6.07) is 6.45. The van der Waals surface area contributed by atoms with E-state index in [0.29, 0.717) is 19.1 Å². The van der Waals surface area contributed by atoms with Crippen LogP contribution in [-0.2, 0) is 14.3 Å². The number of aryl methyl sites for hydroxylation is 1. The van der Waals surface area contributed by atoms with Gasteiger partial charge < -0.3 is 25.0 Å². The Bertz CT molecular complexity index is 547. The molecule has 0 saturated heterocycles. The molecule has 0 saturated carbocycles. The quantitative estimate of drug-likeness (QED) is 0.398. The highest BCUT2D eigenvalue weighted by molar-refractivity contribution is 6.27. The zero-order valence-electron chi connectivity index (χ0n) is 16.8. The number of nitrogens with one attached hydrogen (secondary N) is 1. The average Bonchev–Trinajstić information content (AvgIpc) is 2.62. The molecule has 0 amide bonds. The number of unbranched alkanes of at least 4 members (excludes halogenated alkanes) is 1. The van der Waals surface area contributed by atoms with Gasteiger partial charge in [0, 0.05) is 6.54 Å². The smallest absolute Gasteiger partial charge is 0.414 e. The Morgan fingerprint density at radius 2 is 1.74 bits per heavy atom. The fraction of sp³-hybridized carbons (Fsp3) is 0.600. The Hall–Kier alpha value is -2.12. The van der Waals surface area contributed by atoms with E-state index in [4.69, 9.17) is 29.3 Å². The Labute approximate surface area is 161 Å². The zero-order chi connectivity index (χ0) is 20.7. The Balaban J connectivity index is 0.000000972. The van der Waals surface area contributed by atoms with Gasteiger partial charge in [0.1, 0.15) is 12.4 Å². The Kier molecular flexibility index (Phi) is 13.8. The Morgan fingerprint density at radius 1 is 1.07 bits per heavy atom. The van der Waals surface area contributed by atoms with Gasteiger partial charge in [-0.2, -0.15) is 0 Å². The van der Waals surface area contributed by atoms with Crippen molar-refractivity contribution in [2.75, 3.05) is 32.9 Å². The molecule has 1 aromatic carbocycles. The molecular formula is C20H33NO6. The lowest BCUT2D eigenvalue weighted by atomic mass is 10.0. The number of carboxylic acid groups (broad SMARTS) is 2. The third-order valence-corrected chi connectivity index (χ3v) is 3.68. The fourth-order valence-electron chi connectivity index (χ4n) is 2.02. The van der Waals surface area contributed by atoms with Crippen molar-refractivity contribution in [1.29, 1.82) is 0 Å². The van der Waals surface area contributed by atoms with E-state index in [9.17, 15) is 0 Å². The van der Waals surface area contributed by atoms with Crippen LogP contribution >= 0.6 is 0 Å². The molecule has 0 atom stereocenters. The van der Waals surface area contributed by atoms with Crippen molar-refractivity contribution >= 4 is 11.9 Å². The lowest BCUT2D eigenvalue weighted by Crippen LogP contribution is -2.21. The van der Waals surface area contributed by atoms with E-state index in [1.165, 1.54) is 24.0 Å². The Morgan fingerprint density at radius 3 is 2.30 bits per heavy atom. The van der Waals surface area contributed by atoms with Gasteiger partial charge in [-0.1, -0.05) is 39.3 Å². The maximum Gasteiger partial charge on any atom is 0.414 e. The molecule has 0 aliphatic heterocycles. The van der Waals surface area contributed by atoms with Gasteiger partial charge in [0.05, 0.1) is 13.2 Å². The van der Waals surface area contributed by atoms with Gasteiger partial charge >= 0.3 is 11.9 Å². The molecule has 0 aromatic heterocycles. The lowest BCUT2D eigenvalue weighted by Gasteiger charge is -2.13. The molecule has 27 heavy (non-hydrogen) atoms. The zero-order valence-corrected chi connectivity index (χ0v) is 16.8. The standard InChI is InChI=1S/C18H31NO2.C2H2O4/c1-5-6-9-19-10-11-20-12-13-21-18-14-17(15(2)3)8-7-16(18)4;3-1(4)2(5)6/h7-8,14-15,19H,5-6,9-13H2,1-4H3;(H,3,4)(H,5,6). The van der Waals surface area contributed by atoms with Crippen LogP contribution in [0.15, 0.2) is 18.2 Å². The molecule has 0 aliphatic carbocycles. The van der Waals surface area contributed by atoms with E-state index in [1.54, 1.807) is 0 Å². The maximum absolute atomic E-state index is 9.10. The van der Waals surface area contributed by atoms with Crippen molar-refractivity contribution in [3.8, 4) is 5.75 Å². The van der Waals surface area contributed by atoms with Crippen LogP contribution in [0.5, 0.6) is 5.75 Å². The van der Waals surface area contributed by atoms with E-state index < -0.39 is 11.9 Å². The van der Waals surface area contributed by atoms with E-state index in [2.05, 4.69) is 51.2 Å². The normalized spacial score (nSPS) is 10.3. The van der Waals surface area contributed by atoms with Crippen LogP contribution in [0.4, 0.5) is 0 Å². The predicted octanol–water partition coefficient (Wildman–Crippen LogP) is 3.06. The molecular weight excluding hydrogens is 350 g/mol. The molecule has 1 rings (SSSR count). The van der Waals surface area contributed by atoms with Crippen LogP contribution in [0.3, 0.4) is 0 Å². The van der Waals surface area contributed by atoms with Crippen LogP contribution < -0.4 is 10.1 Å². The summed E-state index contributed by atoms with van der Waals surface area (Å²) in [5.74, 6) is -2.14. The van der Waals surface area contributed by atoms with Gasteiger partial charge in [0.2, 0.25) is 0 Å². The molecule has 3 N–H and O–H groups in total. The van der Waals surface area contributed by atoms with Crippen LogP contribution in [0, 0.1) is 6.92 Å². The fourth-order valence-corrected chi connectivity index (χ4v) is 2.02. The van der Waals surface area contributed by atoms with Crippen LogP contribution in [0.1, 0.15) is 50.7 Å². The monoisotopic (exact) mass is 383 g/mol. The first-order valence-corrected chi connectivity index (χ1v) is 9.27. The summed E-state index contributed by atoms with van der Waals surface area (Å²) >= 11 is 0. The van der Waals surface area contributed by atoms with Crippen molar-refractivity contribution in [1.82, 2.24) is 5.32 Å². The first-order chi connectivity index (χ1) is 12.8. The van der Waals surface area contributed by atoms with E-state index in [1.807, 2.05) is 0 Å². The number of benzene rings is 1. The molecule has 0 spiro atoms. The highest BCUT2D eigenvalue weighted by Crippen LogP contribution is 2.24. The topological polar surface area (TPSA) is 105 Å². The van der Waals surface area contributed by atoms with Crippen LogP contribution in [0.25, 0.3) is 0 Å². The minimum Gasteiger partial charge on any atom is -0.491 e.